The third-order valence-corrected chi connectivity index (χ3v) is 6.74. The molecule has 0 bridgehead atoms. The standard InChI is InChI=1S/C27H31NO2/c1-3-19-6-8-24-22(12-16-29-24)26(19)18(2)10-14-28-15-11-21-5-4-20-7-9-25-23(27(20)21)13-17-30-25/h6-11,28H,3-5,12-17H2,1-2H3. The lowest BCUT2D eigenvalue weighted by Crippen LogP contribution is -2.14. The van der Waals surface area contributed by atoms with E-state index in [9.17, 15) is 0 Å². The highest BCUT2D eigenvalue weighted by atomic mass is 16.5. The lowest BCUT2D eigenvalue weighted by Gasteiger charge is -2.13. The Bertz CT molecular complexity index is 1030. The van der Waals surface area contributed by atoms with Crippen LogP contribution in [0.5, 0.6) is 11.5 Å². The first-order valence-electron chi connectivity index (χ1n) is 11.4. The highest BCUT2D eigenvalue weighted by Crippen LogP contribution is 2.41. The summed E-state index contributed by atoms with van der Waals surface area (Å²) in [5.74, 6) is 2.17. The van der Waals surface area contributed by atoms with Crippen LogP contribution in [0.1, 0.15) is 53.6 Å². The molecule has 2 aromatic rings. The first kappa shape index (κ1) is 19.4. The van der Waals surface area contributed by atoms with Crippen molar-refractivity contribution in [1.82, 2.24) is 5.32 Å². The van der Waals surface area contributed by atoms with Gasteiger partial charge in [-0.3, -0.25) is 0 Å². The molecule has 30 heavy (non-hydrogen) atoms. The molecule has 2 aromatic carbocycles. The number of rotatable bonds is 6. The van der Waals surface area contributed by atoms with Crippen LogP contribution < -0.4 is 14.8 Å². The number of fused-ring (bicyclic) bond motifs is 4. The number of hydrogen-bond acceptors (Lipinski definition) is 3. The van der Waals surface area contributed by atoms with Gasteiger partial charge in [-0.25, -0.2) is 0 Å². The summed E-state index contributed by atoms with van der Waals surface area (Å²) < 4.78 is 11.6. The number of nitrogens with one attached hydrogen (secondary N) is 1. The maximum Gasteiger partial charge on any atom is 0.123 e. The summed E-state index contributed by atoms with van der Waals surface area (Å²) in [5, 5.41) is 3.60. The highest BCUT2D eigenvalue weighted by Gasteiger charge is 2.25. The Kier molecular flexibility index (Phi) is 5.39. The van der Waals surface area contributed by atoms with Gasteiger partial charge in [0.25, 0.3) is 0 Å². The number of allylic oxidation sites excluding steroid dienone is 2. The van der Waals surface area contributed by atoms with Crippen molar-refractivity contribution in [3.8, 4) is 11.5 Å². The summed E-state index contributed by atoms with van der Waals surface area (Å²) in [6.07, 6.45) is 10.2. The second-order valence-electron chi connectivity index (χ2n) is 8.48. The molecule has 2 aliphatic heterocycles. The van der Waals surface area contributed by atoms with Crippen LogP contribution in [0.2, 0.25) is 0 Å². The molecule has 3 nitrogen and oxygen atoms in total. The SMILES string of the molecule is CCc1ccc2c(c1C(C)=CCNCC=C1CCc3ccc4c(c31)CCO4)CCO2. The lowest BCUT2D eigenvalue weighted by molar-refractivity contribution is 0.356. The summed E-state index contributed by atoms with van der Waals surface area (Å²) >= 11 is 0. The molecule has 0 radical (unpaired) electrons. The quantitative estimate of drug-likeness (QED) is 0.680. The van der Waals surface area contributed by atoms with E-state index in [1.807, 2.05) is 0 Å². The summed E-state index contributed by atoms with van der Waals surface area (Å²) in [5.41, 5.74) is 11.5. The second-order valence-corrected chi connectivity index (χ2v) is 8.48. The topological polar surface area (TPSA) is 30.5 Å². The third-order valence-electron chi connectivity index (χ3n) is 6.74. The van der Waals surface area contributed by atoms with E-state index < -0.39 is 0 Å². The van der Waals surface area contributed by atoms with Gasteiger partial charge in [0.15, 0.2) is 0 Å². The van der Waals surface area contributed by atoms with Gasteiger partial charge in [0.05, 0.1) is 13.2 Å². The van der Waals surface area contributed by atoms with E-state index >= 15 is 0 Å². The van der Waals surface area contributed by atoms with Crippen molar-refractivity contribution in [3.05, 3.63) is 69.8 Å². The van der Waals surface area contributed by atoms with Crippen LogP contribution in [0.25, 0.3) is 11.1 Å². The molecule has 0 unspecified atom stereocenters. The molecule has 0 saturated carbocycles. The normalized spacial score (nSPS) is 18.2. The zero-order valence-corrected chi connectivity index (χ0v) is 18.1. The van der Waals surface area contributed by atoms with Crippen molar-refractivity contribution in [1.29, 1.82) is 0 Å². The van der Waals surface area contributed by atoms with Crippen LogP contribution in [0.3, 0.4) is 0 Å². The molecule has 1 aliphatic carbocycles. The summed E-state index contributed by atoms with van der Waals surface area (Å²) in [6.45, 7) is 7.90. The molecule has 0 fully saturated rings. The van der Waals surface area contributed by atoms with E-state index in [-0.39, 0.29) is 0 Å². The molecule has 0 spiro atoms. The van der Waals surface area contributed by atoms with Crippen LogP contribution in [0.15, 0.2) is 36.4 Å². The monoisotopic (exact) mass is 401 g/mol. The van der Waals surface area contributed by atoms with E-state index in [0.29, 0.717) is 0 Å². The largest absolute Gasteiger partial charge is 0.493 e. The molecule has 3 heteroatoms. The fourth-order valence-electron chi connectivity index (χ4n) is 5.25. The molecule has 0 amide bonds. The molecule has 3 aliphatic rings. The Balaban J connectivity index is 1.26. The number of ether oxygens (including phenoxy) is 2. The second kappa shape index (κ2) is 8.31. The fourth-order valence-corrected chi connectivity index (χ4v) is 5.25. The van der Waals surface area contributed by atoms with Crippen LogP contribution in [-0.2, 0) is 25.7 Å². The molecule has 2 heterocycles. The average Bonchev–Trinajstić information content (AvgIpc) is 3.50. The Morgan fingerprint density at radius 2 is 1.70 bits per heavy atom. The average molecular weight is 402 g/mol. The van der Waals surface area contributed by atoms with E-state index in [1.54, 1.807) is 0 Å². The molecule has 5 rings (SSSR count). The molecule has 0 atom stereocenters. The third kappa shape index (κ3) is 3.45. The van der Waals surface area contributed by atoms with E-state index in [0.717, 1.165) is 69.9 Å². The predicted octanol–water partition coefficient (Wildman–Crippen LogP) is 5.14. The van der Waals surface area contributed by atoms with Crippen molar-refractivity contribution in [2.24, 2.45) is 0 Å². The van der Waals surface area contributed by atoms with Crippen LogP contribution >= 0.6 is 0 Å². The summed E-state index contributed by atoms with van der Waals surface area (Å²) in [7, 11) is 0. The first-order valence-corrected chi connectivity index (χ1v) is 11.4. The molecule has 1 N–H and O–H groups in total. The zero-order valence-electron chi connectivity index (χ0n) is 18.1. The van der Waals surface area contributed by atoms with Crippen molar-refractivity contribution in [3.63, 3.8) is 0 Å². The molecule has 0 saturated heterocycles. The zero-order chi connectivity index (χ0) is 20.5. The number of benzene rings is 2. The van der Waals surface area contributed by atoms with E-state index in [2.05, 4.69) is 55.6 Å². The summed E-state index contributed by atoms with van der Waals surface area (Å²) in [6, 6.07) is 8.79. The fraction of sp³-hybridized carbons (Fsp3) is 0.407. The van der Waals surface area contributed by atoms with Gasteiger partial charge in [0.1, 0.15) is 11.5 Å². The predicted molar refractivity (Wildman–Crippen MR) is 123 cm³/mol. The number of hydrogen-bond donors (Lipinski definition) is 1. The van der Waals surface area contributed by atoms with Gasteiger partial charge in [0.2, 0.25) is 0 Å². The lowest BCUT2D eigenvalue weighted by atomic mass is 9.92. The van der Waals surface area contributed by atoms with Crippen LogP contribution in [0.4, 0.5) is 0 Å². The maximum atomic E-state index is 5.79. The van der Waals surface area contributed by atoms with Gasteiger partial charge < -0.3 is 14.8 Å². The van der Waals surface area contributed by atoms with Crippen LogP contribution in [0, 0.1) is 0 Å². The minimum atomic E-state index is 0.810. The van der Waals surface area contributed by atoms with Gasteiger partial charge in [-0.1, -0.05) is 31.2 Å². The Morgan fingerprint density at radius 3 is 2.53 bits per heavy atom. The maximum absolute atomic E-state index is 5.79. The van der Waals surface area contributed by atoms with Gasteiger partial charge >= 0.3 is 0 Å². The molecular weight excluding hydrogens is 370 g/mol. The van der Waals surface area contributed by atoms with Gasteiger partial charge in [-0.05, 0) is 71.7 Å². The smallest absolute Gasteiger partial charge is 0.123 e. The Morgan fingerprint density at radius 1 is 0.933 bits per heavy atom. The van der Waals surface area contributed by atoms with Crippen LogP contribution in [-0.4, -0.2) is 26.3 Å². The summed E-state index contributed by atoms with van der Waals surface area (Å²) in [4.78, 5) is 0. The van der Waals surface area contributed by atoms with Gasteiger partial charge in [0, 0.05) is 37.1 Å². The Labute approximate surface area is 179 Å². The van der Waals surface area contributed by atoms with Crippen molar-refractivity contribution >= 4 is 11.1 Å². The van der Waals surface area contributed by atoms with E-state index in [4.69, 9.17) is 9.47 Å². The van der Waals surface area contributed by atoms with E-state index in [1.165, 1.54) is 44.5 Å². The first-order chi connectivity index (χ1) is 14.8. The van der Waals surface area contributed by atoms with Crippen molar-refractivity contribution in [2.75, 3.05) is 26.3 Å². The molecule has 0 aromatic heterocycles. The van der Waals surface area contributed by atoms with Gasteiger partial charge in [-0.2, -0.15) is 0 Å². The molecule has 156 valence electrons. The minimum absolute atomic E-state index is 0.810. The molecular formula is C27H31NO2. The van der Waals surface area contributed by atoms with Crippen molar-refractivity contribution in [2.45, 2.75) is 46.0 Å². The minimum Gasteiger partial charge on any atom is -0.493 e. The Hall–Kier alpha value is -2.52. The highest BCUT2D eigenvalue weighted by molar-refractivity contribution is 5.77. The van der Waals surface area contributed by atoms with Crippen molar-refractivity contribution < 1.29 is 9.47 Å². The number of aryl methyl sites for hydroxylation is 2. The van der Waals surface area contributed by atoms with Gasteiger partial charge in [-0.15, -0.1) is 0 Å².